The summed E-state index contributed by atoms with van der Waals surface area (Å²) in [6.45, 7) is 15.6. The molecule has 2 aliphatic rings. The van der Waals surface area contributed by atoms with Gasteiger partial charge in [-0.05, 0) is 42.2 Å². The highest BCUT2D eigenvalue weighted by Gasteiger charge is 2.48. The van der Waals surface area contributed by atoms with E-state index in [2.05, 4.69) is 75.8 Å². The molecule has 2 fully saturated rings. The molecule has 0 N–H and O–H groups in total. The third-order valence-corrected chi connectivity index (χ3v) is 7.83. The van der Waals surface area contributed by atoms with Crippen LogP contribution in [0.4, 0.5) is 0 Å². The standard InChI is InChI=1S/C22H37NOSi/c1-22(2,3)18-12-13-19-20(14-18)23(15-17-10-8-7-9-11-17)24-21(19)16-25(4,5)6/h7-11,18-21H,12-16H2,1-6H3/t18-,19-,20-,21+/m0/s1. The Bertz CT molecular complexity index is 560. The maximum atomic E-state index is 6.62. The van der Waals surface area contributed by atoms with Crippen molar-refractivity contribution in [3.63, 3.8) is 0 Å². The molecule has 25 heavy (non-hydrogen) atoms. The molecule has 1 aromatic rings. The van der Waals surface area contributed by atoms with Crippen LogP contribution in [0.3, 0.4) is 0 Å². The van der Waals surface area contributed by atoms with Crippen molar-refractivity contribution in [1.82, 2.24) is 5.06 Å². The van der Waals surface area contributed by atoms with Crippen molar-refractivity contribution in [2.45, 2.75) is 84.4 Å². The first-order chi connectivity index (χ1) is 11.6. The maximum absolute atomic E-state index is 6.62. The quantitative estimate of drug-likeness (QED) is 0.614. The molecule has 4 atom stereocenters. The van der Waals surface area contributed by atoms with Gasteiger partial charge in [-0.2, -0.15) is 5.06 Å². The van der Waals surface area contributed by atoms with E-state index in [0.29, 0.717) is 17.6 Å². The number of hydrogen-bond donors (Lipinski definition) is 0. The van der Waals surface area contributed by atoms with Crippen molar-refractivity contribution in [3.8, 4) is 0 Å². The Morgan fingerprint density at radius 1 is 1.08 bits per heavy atom. The van der Waals surface area contributed by atoms with Gasteiger partial charge in [0.2, 0.25) is 0 Å². The summed E-state index contributed by atoms with van der Waals surface area (Å²) in [6.07, 6.45) is 4.45. The van der Waals surface area contributed by atoms with Crippen LogP contribution >= 0.6 is 0 Å². The molecule has 0 bridgehead atoms. The monoisotopic (exact) mass is 359 g/mol. The van der Waals surface area contributed by atoms with E-state index in [-0.39, 0.29) is 0 Å². The van der Waals surface area contributed by atoms with E-state index in [4.69, 9.17) is 4.84 Å². The second-order valence-corrected chi connectivity index (χ2v) is 16.1. The number of nitrogens with zero attached hydrogens (tertiary/aromatic N) is 1. The highest BCUT2D eigenvalue weighted by atomic mass is 28.3. The van der Waals surface area contributed by atoms with Gasteiger partial charge >= 0.3 is 0 Å². The number of rotatable bonds is 4. The Morgan fingerprint density at radius 3 is 2.36 bits per heavy atom. The predicted molar refractivity (Wildman–Crippen MR) is 109 cm³/mol. The van der Waals surface area contributed by atoms with Crippen LogP contribution in [0.5, 0.6) is 0 Å². The molecule has 1 aliphatic carbocycles. The van der Waals surface area contributed by atoms with Gasteiger partial charge in [0.25, 0.3) is 0 Å². The Hall–Kier alpha value is -0.643. The summed E-state index contributed by atoms with van der Waals surface area (Å²) in [4.78, 5) is 6.62. The third kappa shape index (κ3) is 4.75. The second kappa shape index (κ2) is 7.17. The first kappa shape index (κ1) is 19.1. The Labute approximate surface area is 155 Å². The minimum atomic E-state index is -1.13. The van der Waals surface area contributed by atoms with Crippen LogP contribution in [0.15, 0.2) is 30.3 Å². The minimum Gasteiger partial charge on any atom is -0.295 e. The number of hydrogen-bond acceptors (Lipinski definition) is 2. The summed E-state index contributed by atoms with van der Waals surface area (Å²) in [6, 6.07) is 12.7. The molecule has 140 valence electrons. The van der Waals surface area contributed by atoms with Crippen LogP contribution < -0.4 is 0 Å². The summed E-state index contributed by atoms with van der Waals surface area (Å²) in [7, 11) is -1.13. The second-order valence-electron chi connectivity index (χ2n) is 10.6. The van der Waals surface area contributed by atoms with Crippen molar-refractivity contribution >= 4 is 8.07 Å². The predicted octanol–water partition coefficient (Wildman–Crippen LogP) is 5.97. The van der Waals surface area contributed by atoms with E-state index in [1.807, 2.05) is 0 Å². The zero-order valence-electron chi connectivity index (χ0n) is 17.1. The summed E-state index contributed by atoms with van der Waals surface area (Å²) in [5.41, 5.74) is 1.77. The van der Waals surface area contributed by atoms with E-state index >= 15 is 0 Å². The summed E-state index contributed by atoms with van der Waals surface area (Å²) in [5.74, 6) is 1.54. The molecule has 0 amide bonds. The van der Waals surface area contributed by atoms with Crippen molar-refractivity contribution < 1.29 is 4.84 Å². The molecule has 3 rings (SSSR count). The van der Waals surface area contributed by atoms with E-state index in [1.165, 1.54) is 30.9 Å². The van der Waals surface area contributed by atoms with Gasteiger partial charge in [-0.1, -0.05) is 70.7 Å². The number of benzene rings is 1. The Morgan fingerprint density at radius 2 is 1.76 bits per heavy atom. The lowest BCUT2D eigenvalue weighted by molar-refractivity contribution is -0.168. The molecule has 2 nitrogen and oxygen atoms in total. The lowest BCUT2D eigenvalue weighted by atomic mass is 9.67. The molecule has 0 radical (unpaired) electrons. The van der Waals surface area contributed by atoms with Crippen LogP contribution in [0.2, 0.25) is 25.7 Å². The smallest absolute Gasteiger partial charge is 0.0814 e. The van der Waals surface area contributed by atoms with Crippen molar-refractivity contribution in [1.29, 1.82) is 0 Å². The van der Waals surface area contributed by atoms with Crippen molar-refractivity contribution in [2.24, 2.45) is 17.3 Å². The molecular weight excluding hydrogens is 322 g/mol. The first-order valence-electron chi connectivity index (χ1n) is 10.1. The molecule has 1 aromatic carbocycles. The van der Waals surface area contributed by atoms with Gasteiger partial charge in [-0.15, -0.1) is 0 Å². The van der Waals surface area contributed by atoms with Crippen LogP contribution in [-0.2, 0) is 11.4 Å². The molecular formula is C22H37NOSi. The van der Waals surface area contributed by atoms with Crippen molar-refractivity contribution in [3.05, 3.63) is 35.9 Å². The fraction of sp³-hybridized carbons (Fsp3) is 0.727. The molecule has 1 heterocycles. The average molecular weight is 360 g/mol. The molecule has 1 saturated heterocycles. The molecule has 1 aliphatic heterocycles. The van der Waals surface area contributed by atoms with Crippen LogP contribution in [0, 0.1) is 17.3 Å². The van der Waals surface area contributed by atoms with Gasteiger partial charge in [-0.25, -0.2) is 0 Å². The summed E-state index contributed by atoms with van der Waals surface area (Å²) >= 11 is 0. The van der Waals surface area contributed by atoms with Gasteiger partial charge in [0.15, 0.2) is 0 Å². The largest absolute Gasteiger partial charge is 0.295 e. The maximum Gasteiger partial charge on any atom is 0.0814 e. The Kier molecular flexibility index (Phi) is 5.48. The summed E-state index contributed by atoms with van der Waals surface area (Å²) in [5, 5.41) is 2.36. The van der Waals surface area contributed by atoms with Gasteiger partial charge in [0.1, 0.15) is 0 Å². The third-order valence-electron chi connectivity index (χ3n) is 6.21. The lowest BCUT2D eigenvalue weighted by Gasteiger charge is -2.41. The zero-order chi connectivity index (χ0) is 18.2. The SMILES string of the molecule is CC(C)(C)[C@H]1CC[C@@H]2[C@@H](C[Si](C)(C)C)ON(Cc3ccccc3)[C@H]2C1. The highest BCUT2D eigenvalue weighted by molar-refractivity contribution is 6.76. The molecule has 1 saturated carbocycles. The average Bonchev–Trinajstić information content (AvgIpc) is 2.83. The number of hydroxylamine groups is 2. The Balaban J connectivity index is 1.78. The molecule has 3 heteroatoms. The molecule has 0 unspecified atom stereocenters. The molecule has 0 spiro atoms. The first-order valence-corrected chi connectivity index (χ1v) is 13.8. The lowest BCUT2D eigenvalue weighted by Crippen LogP contribution is -2.41. The van der Waals surface area contributed by atoms with Gasteiger partial charge in [0, 0.05) is 26.6 Å². The summed E-state index contributed by atoms with van der Waals surface area (Å²) < 4.78 is 0. The van der Waals surface area contributed by atoms with E-state index in [1.54, 1.807) is 0 Å². The highest BCUT2D eigenvalue weighted by Crippen LogP contribution is 2.47. The van der Waals surface area contributed by atoms with E-state index in [0.717, 1.165) is 18.4 Å². The van der Waals surface area contributed by atoms with Crippen LogP contribution in [0.25, 0.3) is 0 Å². The molecule has 0 aromatic heterocycles. The fourth-order valence-corrected chi connectivity index (χ4v) is 6.35. The zero-order valence-corrected chi connectivity index (χ0v) is 18.1. The van der Waals surface area contributed by atoms with Crippen LogP contribution in [0.1, 0.15) is 45.6 Å². The van der Waals surface area contributed by atoms with Gasteiger partial charge in [0.05, 0.1) is 6.10 Å². The fourth-order valence-electron chi connectivity index (χ4n) is 4.76. The number of fused-ring (bicyclic) bond motifs is 1. The van der Waals surface area contributed by atoms with Gasteiger partial charge < -0.3 is 0 Å². The van der Waals surface area contributed by atoms with Crippen LogP contribution in [-0.4, -0.2) is 25.3 Å². The topological polar surface area (TPSA) is 12.5 Å². The van der Waals surface area contributed by atoms with E-state index < -0.39 is 8.07 Å². The van der Waals surface area contributed by atoms with Gasteiger partial charge in [-0.3, -0.25) is 4.84 Å². The normalized spacial score (nSPS) is 31.1. The van der Waals surface area contributed by atoms with Crippen molar-refractivity contribution in [2.75, 3.05) is 0 Å². The van der Waals surface area contributed by atoms with E-state index in [9.17, 15) is 0 Å². The minimum absolute atomic E-state index is 0.403.